The Morgan fingerprint density at radius 3 is 2.23 bits per heavy atom. The number of aromatic nitrogens is 1. The standard InChI is InChI=1S/C30H36BCl2N2O4/c1-29(2,36)30(3,4)39-31-20-10-12-21(13-11-20)35-16-14-22(15-17-35)37-18-23-27(34-38-28(23)19-8-9-19)26-24(32)6-5-7-25(26)33/h5-7,10-13,19,22,36H,8-9,14-18H2,1-4H3. The summed E-state index contributed by atoms with van der Waals surface area (Å²) >= 11 is 13.0. The third-order valence-corrected chi connectivity index (χ3v) is 8.72. The highest BCUT2D eigenvalue weighted by molar-refractivity contribution is 6.47. The average Bonchev–Trinajstić information content (AvgIpc) is 3.66. The molecule has 2 heterocycles. The van der Waals surface area contributed by atoms with Crippen LogP contribution in [0.4, 0.5) is 5.69 Å². The Bertz CT molecular complexity index is 1260. The Balaban J connectivity index is 1.17. The number of hydrogen-bond acceptors (Lipinski definition) is 6. The molecule has 1 saturated heterocycles. The Morgan fingerprint density at radius 2 is 1.64 bits per heavy atom. The predicted molar refractivity (Wildman–Crippen MR) is 157 cm³/mol. The summed E-state index contributed by atoms with van der Waals surface area (Å²) in [7, 11) is 1.71. The van der Waals surface area contributed by atoms with Crippen molar-refractivity contribution in [3.05, 3.63) is 63.8 Å². The monoisotopic (exact) mass is 569 g/mol. The van der Waals surface area contributed by atoms with Gasteiger partial charge in [-0.05, 0) is 77.6 Å². The number of anilines is 1. The Morgan fingerprint density at radius 1 is 1.00 bits per heavy atom. The van der Waals surface area contributed by atoms with Crippen LogP contribution < -0.4 is 10.4 Å². The highest BCUT2D eigenvalue weighted by Gasteiger charge is 2.36. The highest BCUT2D eigenvalue weighted by Crippen LogP contribution is 2.46. The van der Waals surface area contributed by atoms with Crippen LogP contribution in [-0.4, -0.2) is 48.1 Å². The zero-order valence-electron chi connectivity index (χ0n) is 23.0. The van der Waals surface area contributed by atoms with Crippen molar-refractivity contribution in [2.24, 2.45) is 0 Å². The van der Waals surface area contributed by atoms with Crippen LogP contribution in [0.3, 0.4) is 0 Å². The molecule has 207 valence electrons. The first-order valence-corrected chi connectivity index (χ1v) is 14.4. The summed E-state index contributed by atoms with van der Waals surface area (Å²) < 4.78 is 18.1. The average molecular weight is 570 g/mol. The van der Waals surface area contributed by atoms with Gasteiger partial charge in [0.25, 0.3) is 0 Å². The molecule has 5 rings (SSSR count). The molecule has 1 aliphatic heterocycles. The van der Waals surface area contributed by atoms with Gasteiger partial charge in [0.15, 0.2) is 0 Å². The zero-order valence-corrected chi connectivity index (χ0v) is 24.6. The van der Waals surface area contributed by atoms with E-state index in [1.54, 1.807) is 21.3 Å². The number of piperidine rings is 1. The second kappa shape index (κ2) is 11.5. The van der Waals surface area contributed by atoms with Gasteiger partial charge in [-0.25, -0.2) is 0 Å². The lowest BCUT2D eigenvalue weighted by Crippen LogP contribution is -2.49. The molecular weight excluding hydrogens is 534 g/mol. The molecule has 1 aliphatic carbocycles. The number of nitrogens with zero attached hydrogens (tertiary/aromatic N) is 2. The first-order chi connectivity index (χ1) is 18.5. The number of halogens is 2. The van der Waals surface area contributed by atoms with Gasteiger partial charge in [0.1, 0.15) is 11.5 Å². The largest absolute Gasteiger partial charge is 0.427 e. The van der Waals surface area contributed by atoms with Crippen LogP contribution in [0.15, 0.2) is 47.0 Å². The zero-order chi connectivity index (χ0) is 27.8. The fourth-order valence-corrected chi connectivity index (χ4v) is 5.23. The molecule has 0 spiro atoms. The smallest absolute Gasteiger partial charge is 0.330 e. The van der Waals surface area contributed by atoms with Gasteiger partial charge >= 0.3 is 7.48 Å². The molecule has 1 saturated carbocycles. The SMILES string of the molecule is CC(C)(O)C(C)(C)O[B]c1ccc(N2CCC(OCc3c(-c4c(Cl)cccc4Cl)noc3C3CC3)CC2)cc1. The molecule has 3 aromatic rings. The molecule has 0 unspecified atom stereocenters. The minimum atomic E-state index is -0.952. The number of hydrogen-bond donors (Lipinski definition) is 1. The van der Waals surface area contributed by atoms with Gasteiger partial charge in [0.2, 0.25) is 0 Å². The van der Waals surface area contributed by atoms with E-state index in [2.05, 4.69) is 22.2 Å². The van der Waals surface area contributed by atoms with E-state index in [1.165, 1.54) is 5.69 Å². The predicted octanol–water partition coefficient (Wildman–Crippen LogP) is 6.52. The molecule has 0 amide bonds. The van der Waals surface area contributed by atoms with Crippen molar-refractivity contribution in [1.82, 2.24) is 5.16 Å². The second-order valence-electron chi connectivity index (χ2n) is 11.6. The van der Waals surface area contributed by atoms with Crippen molar-refractivity contribution in [3.8, 4) is 11.3 Å². The minimum Gasteiger partial charge on any atom is -0.427 e. The molecule has 9 heteroatoms. The second-order valence-corrected chi connectivity index (χ2v) is 12.5. The molecule has 6 nitrogen and oxygen atoms in total. The molecule has 2 fully saturated rings. The van der Waals surface area contributed by atoms with Crippen molar-refractivity contribution >= 4 is 41.8 Å². The summed E-state index contributed by atoms with van der Waals surface area (Å²) in [6.45, 7) is 9.53. The van der Waals surface area contributed by atoms with E-state index in [1.807, 2.05) is 44.2 Å². The van der Waals surface area contributed by atoms with E-state index in [4.69, 9.17) is 37.1 Å². The molecule has 1 radical (unpaired) electrons. The molecule has 2 aromatic carbocycles. The molecule has 2 aliphatic rings. The van der Waals surface area contributed by atoms with Crippen molar-refractivity contribution < 1.29 is 19.0 Å². The number of aliphatic hydroxyl groups is 1. The Labute approximate surface area is 241 Å². The molecular formula is C30H36BCl2N2O4. The Kier molecular flexibility index (Phi) is 8.37. The van der Waals surface area contributed by atoms with E-state index in [0.717, 1.165) is 55.6 Å². The molecule has 1 aromatic heterocycles. The maximum Gasteiger partial charge on any atom is 0.330 e. The van der Waals surface area contributed by atoms with Crippen molar-refractivity contribution in [1.29, 1.82) is 0 Å². The van der Waals surface area contributed by atoms with Crippen molar-refractivity contribution in [2.75, 3.05) is 18.0 Å². The Hall–Kier alpha value is -2.03. The summed E-state index contributed by atoms with van der Waals surface area (Å²) in [5, 5.41) is 15.8. The highest BCUT2D eigenvalue weighted by atomic mass is 35.5. The number of rotatable bonds is 10. The van der Waals surface area contributed by atoms with Crippen LogP contribution in [0.25, 0.3) is 11.3 Å². The lowest BCUT2D eigenvalue weighted by atomic mass is 9.82. The van der Waals surface area contributed by atoms with E-state index in [0.29, 0.717) is 33.8 Å². The minimum absolute atomic E-state index is 0.155. The number of benzene rings is 2. The summed E-state index contributed by atoms with van der Waals surface area (Å²) in [5.74, 6) is 1.31. The van der Waals surface area contributed by atoms with Gasteiger partial charge in [-0.3, -0.25) is 0 Å². The summed E-state index contributed by atoms with van der Waals surface area (Å²) in [4.78, 5) is 2.38. The summed E-state index contributed by atoms with van der Waals surface area (Å²) in [6.07, 6.45) is 4.24. The quantitative estimate of drug-likeness (QED) is 0.280. The van der Waals surface area contributed by atoms with Gasteiger partial charge in [-0.1, -0.05) is 52.0 Å². The molecule has 0 atom stereocenters. The van der Waals surface area contributed by atoms with E-state index in [-0.39, 0.29) is 6.10 Å². The van der Waals surface area contributed by atoms with Crippen LogP contribution in [0, 0.1) is 0 Å². The van der Waals surface area contributed by atoms with Crippen LogP contribution in [0.5, 0.6) is 0 Å². The first kappa shape index (κ1) is 28.5. The summed E-state index contributed by atoms with van der Waals surface area (Å²) in [5.41, 5.74) is 2.86. The third-order valence-electron chi connectivity index (χ3n) is 8.09. The van der Waals surface area contributed by atoms with E-state index >= 15 is 0 Å². The maximum atomic E-state index is 10.3. The fourth-order valence-electron chi connectivity index (χ4n) is 4.65. The summed E-state index contributed by atoms with van der Waals surface area (Å²) in [6, 6.07) is 13.8. The molecule has 39 heavy (non-hydrogen) atoms. The van der Waals surface area contributed by atoms with Crippen LogP contribution >= 0.6 is 23.2 Å². The van der Waals surface area contributed by atoms with E-state index in [9.17, 15) is 5.11 Å². The van der Waals surface area contributed by atoms with Gasteiger partial charge in [0.05, 0.1) is 34.0 Å². The van der Waals surface area contributed by atoms with Crippen molar-refractivity contribution in [2.45, 2.75) is 83.2 Å². The lowest BCUT2D eigenvalue weighted by molar-refractivity contribution is -0.0893. The molecule has 0 bridgehead atoms. The topological polar surface area (TPSA) is 68.0 Å². The van der Waals surface area contributed by atoms with Gasteiger partial charge in [-0.15, -0.1) is 0 Å². The first-order valence-electron chi connectivity index (χ1n) is 13.7. The maximum absolute atomic E-state index is 10.3. The third kappa shape index (κ3) is 6.49. The van der Waals surface area contributed by atoms with Crippen LogP contribution in [0.2, 0.25) is 10.0 Å². The van der Waals surface area contributed by atoms with Crippen LogP contribution in [-0.2, 0) is 16.0 Å². The lowest BCUT2D eigenvalue weighted by Gasteiger charge is -2.37. The molecule has 1 N–H and O–H groups in total. The fraction of sp³-hybridized carbons (Fsp3) is 0.500. The van der Waals surface area contributed by atoms with Gasteiger partial charge in [0, 0.05) is 35.8 Å². The normalized spacial score (nSPS) is 17.1. The van der Waals surface area contributed by atoms with E-state index < -0.39 is 11.2 Å². The number of ether oxygens (including phenoxy) is 1. The van der Waals surface area contributed by atoms with Gasteiger partial charge in [-0.2, -0.15) is 0 Å². The van der Waals surface area contributed by atoms with Gasteiger partial charge < -0.3 is 23.9 Å². The van der Waals surface area contributed by atoms with Crippen molar-refractivity contribution in [3.63, 3.8) is 0 Å². The van der Waals surface area contributed by atoms with Crippen LogP contribution in [0.1, 0.15) is 70.6 Å².